The van der Waals surface area contributed by atoms with E-state index in [0.717, 1.165) is 4.90 Å². The highest BCUT2D eigenvalue weighted by atomic mass is 35.5. The van der Waals surface area contributed by atoms with E-state index in [9.17, 15) is 19.2 Å². The first kappa shape index (κ1) is 27.3. The van der Waals surface area contributed by atoms with Crippen molar-refractivity contribution in [3.05, 3.63) is 106 Å². The van der Waals surface area contributed by atoms with Crippen LogP contribution in [-0.2, 0) is 28.9 Å². The number of alkyl halides is 3. The molecular weight excluding hydrogens is 596 g/mol. The second-order valence-electron chi connectivity index (χ2n) is 10.1. The molecule has 1 fully saturated rings. The van der Waals surface area contributed by atoms with Crippen LogP contribution in [0.1, 0.15) is 39.0 Å². The van der Waals surface area contributed by atoms with Crippen molar-refractivity contribution < 1.29 is 23.9 Å². The summed E-state index contributed by atoms with van der Waals surface area (Å²) in [6.45, 7) is -0.690. The molecule has 1 heterocycles. The highest BCUT2D eigenvalue weighted by Crippen LogP contribution is 2.69. The molecule has 2 bridgehead atoms. The van der Waals surface area contributed by atoms with E-state index in [4.69, 9.17) is 51.1 Å². The minimum Gasteiger partial charge on any atom is -0.453 e. The lowest BCUT2D eigenvalue weighted by atomic mass is 9.54. The van der Waals surface area contributed by atoms with Crippen LogP contribution in [0.4, 0.5) is 0 Å². The maximum absolute atomic E-state index is 13.9. The fourth-order valence-corrected chi connectivity index (χ4v) is 7.77. The first-order chi connectivity index (χ1) is 19.1. The fraction of sp³-hybridized carbons (Fsp3) is 0.267. The van der Waals surface area contributed by atoms with E-state index in [2.05, 4.69) is 0 Å². The van der Waals surface area contributed by atoms with E-state index in [-0.39, 0.29) is 17.9 Å². The zero-order chi connectivity index (χ0) is 28.4. The second-order valence-corrected chi connectivity index (χ2v) is 12.1. The third-order valence-electron chi connectivity index (χ3n) is 8.03. The molecule has 3 atom stereocenters. The van der Waals surface area contributed by atoms with Crippen LogP contribution in [0.15, 0.2) is 72.8 Å². The number of halogens is 4. The van der Waals surface area contributed by atoms with Crippen molar-refractivity contribution in [2.24, 2.45) is 11.8 Å². The molecule has 0 N–H and O–H groups in total. The Balaban J connectivity index is 1.31. The largest absolute Gasteiger partial charge is 0.453 e. The van der Waals surface area contributed by atoms with Crippen molar-refractivity contribution in [3.8, 4) is 0 Å². The van der Waals surface area contributed by atoms with Crippen LogP contribution in [0.25, 0.3) is 0 Å². The van der Waals surface area contributed by atoms with Gasteiger partial charge in [0.05, 0.1) is 11.8 Å². The van der Waals surface area contributed by atoms with Gasteiger partial charge in [0.15, 0.2) is 6.10 Å². The van der Waals surface area contributed by atoms with Gasteiger partial charge in [-0.2, -0.15) is 0 Å². The predicted octanol–water partition coefficient (Wildman–Crippen LogP) is 5.66. The third-order valence-corrected chi connectivity index (χ3v) is 9.78. The average Bonchev–Trinajstić information content (AvgIpc) is 3.21. The molecule has 10 heteroatoms. The number of rotatable bonds is 7. The van der Waals surface area contributed by atoms with Crippen LogP contribution in [0.3, 0.4) is 0 Å². The Morgan fingerprint density at radius 2 is 1.25 bits per heavy atom. The van der Waals surface area contributed by atoms with Gasteiger partial charge in [0.25, 0.3) is 0 Å². The molecule has 0 saturated carbocycles. The summed E-state index contributed by atoms with van der Waals surface area (Å²) in [5.74, 6) is -4.66. The Bertz CT molecular complexity index is 1450. The summed E-state index contributed by atoms with van der Waals surface area (Å²) in [6, 6.07) is 20.7. The lowest BCUT2D eigenvalue weighted by Crippen LogP contribution is -2.57. The number of carbonyl (C=O) groups excluding carboxylic acids is 4. The van der Waals surface area contributed by atoms with Crippen LogP contribution in [-0.4, -0.2) is 47.0 Å². The zero-order valence-electron chi connectivity index (χ0n) is 20.8. The summed E-state index contributed by atoms with van der Waals surface area (Å²) >= 11 is 26.6. The quantitative estimate of drug-likeness (QED) is 0.148. The summed E-state index contributed by atoms with van der Waals surface area (Å²) in [5, 5.41) is 0.447. The molecule has 0 unspecified atom stereocenters. The van der Waals surface area contributed by atoms with Gasteiger partial charge in [-0.3, -0.25) is 24.1 Å². The number of amides is 2. The monoisotopic (exact) mass is 615 g/mol. The number of ether oxygens (including phenoxy) is 1. The summed E-state index contributed by atoms with van der Waals surface area (Å²) < 4.78 is 5.47. The van der Waals surface area contributed by atoms with Crippen molar-refractivity contribution >= 4 is 70.0 Å². The van der Waals surface area contributed by atoms with Crippen molar-refractivity contribution in [1.29, 1.82) is 0 Å². The number of esters is 1. The second kappa shape index (κ2) is 9.88. The lowest BCUT2D eigenvalue weighted by molar-refractivity contribution is -0.155. The number of Topliss-reactive ketones (excluding diaryl/α,β-unsaturated/α-hetero) is 1. The highest BCUT2D eigenvalue weighted by molar-refractivity contribution is 6.36. The first-order valence-corrected chi connectivity index (χ1v) is 14.3. The number of ketones is 1. The summed E-state index contributed by atoms with van der Waals surface area (Å²) in [7, 11) is 0. The predicted molar refractivity (Wildman–Crippen MR) is 151 cm³/mol. The van der Waals surface area contributed by atoms with Gasteiger partial charge in [0.2, 0.25) is 17.6 Å². The Morgan fingerprint density at radius 1 is 0.800 bits per heavy atom. The molecule has 40 heavy (non-hydrogen) atoms. The van der Waals surface area contributed by atoms with Gasteiger partial charge in [-0.1, -0.05) is 60.1 Å². The molecule has 0 radical (unpaired) electrons. The SMILES string of the molecule is O=C(CN1C(=O)[C@@H]2[C@H](C1=O)C1(Cl)c3ccccc3C2(Cl)c2ccccc21)O[C@H](CCCl)C(=O)c1ccc(Cl)cc1. The molecule has 3 aromatic rings. The smallest absolute Gasteiger partial charge is 0.326 e. The molecule has 4 aliphatic rings. The number of benzene rings is 3. The Labute approximate surface area is 250 Å². The standard InChI is InChI=1S/C30H21Cl4NO5/c31-14-13-22(26(37)16-9-11-17(32)12-10-16)40-23(36)15-35-27(38)24-25(28(35)39)30(34)19-6-2-1-5-18(19)29(24,33)20-7-3-4-8-21(20)30/h1-12,22,24-25H,13-15H2/t22-,24-,25+,29?,30?/m1/s1. The van der Waals surface area contributed by atoms with Gasteiger partial charge in [0.1, 0.15) is 16.3 Å². The van der Waals surface area contributed by atoms with E-state index < -0.39 is 57.8 Å². The fourth-order valence-electron chi connectivity index (χ4n) is 6.35. The summed E-state index contributed by atoms with van der Waals surface area (Å²) in [5.41, 5.74) is 2.92. The van der Waals surface area contributed by atoms with Gasteiger partial charge in [-0.05, 0) is 46.5 Å². The molecule has 6 nitrogen and oxygen atoms in total. The number of likely N-dealkylation sites (tertiary alicyclic amines) is 1. The van der Waals surface area contributed by atoms with Crippen LogP contribution in [0.2, 0.25) is 5.02 Å². The van der Waals surface area contributed by atoms with Crippen LogP contribution < -0.4 is 0 Å². The zero-order valence-corrected chi connectivity index (χ0v) is 23.8. The van der Waals surface area contributed by atoms with E-state index in [1.54, 1.807) is 12.1 Å². The molecule has 2 amide bonds. The van der Waals surface area contributed by atoms with Gasteiger partial charge < -0.3 is 4.74 Å². The van der Waals surface area contributed by atoms with Crippen LogP contribution in [0.5, 0.6) is 0 Å². The van der Waals surface area contributed by atoms with Crippen molar-refractivity contribution in [2.45, 2.75) is 22.3 Å². The molecule has 0 spiro atoms. The average molecular weight is 617 g/mol. The van der Waals surface area contributed by atoms with Gasteiger partial charge >= 0.3 is 5.97 Å². The lowest BCUT2D eigenvalue weighted by Gasteiger charge is -2.54. The maximum atomic E-state index is 13.9. The molecule has 3 aromatic carbocycles. The summed E-state index contributed by atoms with van der Waals surface area (Å²) in [4.78, 5) is 52.1. The maximum Gasteiger partial charge on any atom is 0.326 e. The molecule has 1 aliphatic heterocycles. The Kier molecular flexibility index (Phi) is 6.74. The molecule has 7 rings (SSSR count). The van der Waals surface area contributed by atoms with Crippen LogP contribution >= 0.6 is 46.4 Å². The number of imide groups is 1. The minimum atomic E-state index is -1.36. The van der Waals surface area contributed by atoms with Crippen molar-refractivity contribution in [3.63, 3.8) is 0 Å². The topological polar surface area (TPSA) is 80.8 Å². The van der Waals surface area contributed by atoms with Crippen molar-refractivity contribution in [2.75, 3.05) is 12.4 Å². The van der Waals surface area contributed by atoms with Crippen molar-refractivity contribution in [1.82, 2.24) is 4.90 Å². The molecular formula is C30H21Cl4NO5. The minimum absolute atomic E-state index is 0.0437. The van der Waals surface area contributed by atoms with Crippen LogP contribution in [0, 0.1) is 11.8 Å². The number of nitrogens with zero attached hydrogens (tertiary/aromatic N) is 1. The van der Waals surface area contributed by atoms with E-state index in [0.29, 0.717) is 27.3 Å². The molecule has 3 aliphatic carbocycles. The summed E-state index contributed by atoms with van der Waals surface area (Å²) in [6.07, 6.45) is -1.16. The number of hydrogen-bond acceptors (Lipinski definition) is 5. The normalized spacial score (nSPS) is 26.6. The molecule has 204 valence electrons. The van der Waals surface area contributed by atoms with Gasteiger partial charge in [0, 0.05) is 22.9 Å². The van der Waals surface area contributed by atoms with E-state index in [1.165, 1.54) is 12.1 Å². The van der Waals surface area contributed by atoms with E-state index in [1.807, 2.05) is 48.5 Å². The Morgan fingerprint density at radius 3 is 1.68 bits per heavy atom. The number of carbonyl (C=O) groups is 4. The Hall–Kier alpha value is -2.90. The third kappa shape index (κ3) is 3.77. The van der Waals surface area contributed by atoms with Gasteiger partial charge in [-0.15, -0.1) is 34.8 Å². The highest BCUT2D eigenvalue weighted by Gasteiger charge is 2.73. The first-order valence-electron chi connectivity index (χ1n) is 12.6. The molecule has 1 saturated heterocycles. The molecule has 0 aromatic heterocycles. The van der Waals surface area contributed by atoms with E-state index >= 15 is 0 Å². The number of hydrogen-bond donors (Lipinski definition) is 0. The van der Waals surface area contributed by atoms with Gasteiger partial charge in [-0.25, -0.2) is 0 Å².